The summed E-state index contributed by atoms with van der Waals surface area (Å²) in [5.41, 5.74) is 14.0. The van der Waals surface area contributed by atoms with Gasteiger partial charge in [0.1, 0.15) is 0 Å². The van der Waals surface area contributed by atoms with Crippen molar-refractivity contribution >= 4 is 76.8 Å². The first-order chi connectivity index (χ1) is 28.3. The van der Waals surface area contributed by atoms with Gasteiger partial charge in [-0.25, -0.2) is 0 Å². The molecule has 3 aromatic heterocycles. The maximum absolute atomic E-state index is 3.97. The molecule has 268 valence electrons. The molecule has 0 saturated carbocycles. The van der Waals surface area contributed by atoms with Crippen LogP contribution < -0.4 is 5.32 Å². The molecule has 0 amide bonds. The second kappa shape index (κ2) is 12.5. The Morgan fingerprint density at radius 3 is 1.46 bits per heavy atom. The first-order valence-corrected chi connectivity index (χ1v) is 19.7. The van der Waals surface area contributed by atoms with Gasteiger partial charge in [0, 0.05) is 55.1 Å². The van der Waals surface area contributed by atoms with Crippen LogP contribution in [-0.4, -0.2) is 13.7 Å². The van der Waals surface area contributed by atoms with E-state index in [1.807, 2.05) is 0 Å². The molecule has 1 aliphatic rings. The van der Waals surface area contributed by atoms with E-state index in [9.17, 15) is 0 Å². The van der Waals surface area contributed by atoms with Crippen molar-refractivity contribution in [3.63, 3.8) is 0 Å². The highest BCUT2D eigenvalue weighted by Crippen LogP contribution is 2.43. The number of dihydropyridines is 1. The summed E-state index contributed by atoms with van der Waals surface area (Å²) >= 11 is 0. The largest absolute Gasteiger partial charge is 0.374 e. The highest BCUT2D eigenvalue weighted by Gasteiger charge is 2.25. The normalized spacial score (nSPS) is 14.5. The summed E-state index contributed by atoms with van der Waals surface area (Å²) in [5, 5.41) is 11.4. The highest BCUT2D eigenvalue weighted by atomic mass is 15.1. The molecule has 0 fully saturated rings. The van der Waals surface area contributed by atoms with Gasteiger partial charge in [-0.05, 0) is 71.8 Å². The summed E-state index contributed by atoms with van der Waals surface area (Å²) in [5.74, 6) is 0. The van der Waals surface area contributed by atoms with Crippen LogP contribution in [0.5, 0.6) is 0 Å². The quantitative estimate of drug-likeness (QED) is 0.188. The van der Waals surface area contributed by atoms with Gasteiger partial charge in [0.15, 0.2) is 0 Å². The lowest BCUT2D eigenvalue weighted by Crippen LogP contribution is -2.23. The number of allylic oxidation sites excluding steroid dienone is 2. The van der Waals surface area contributed by atoms with E-state index in [2.05, 4.69) is 225 Å². The van der Waals surface area contributed by atoms with E-state index in [4.69, 9.17) is 0 Å². The van der Waals surface area contributed by atoms with Crippen molar-refractivity contribution < 1.29 is 0 Å². The zero-order valence-corrected chi connectivity index (χ0v) is 31.0. The van der Waals surface area contributed by atoms with E-state index in [0.29, 0.717) is 0 Å². The molecule has 0 aliphatic carbocycles. The Morgan fingerprint density at radius 1 is 0.368 bits per heavy atom. The van der Waals surface area contributed by atoms with Gasteiger partial charge in [-0.3, -0.25) is 0 Å². The predicted octanol–water partition coefficient (Wildman–Crippen LogP) is 13.2. The number of benzene rings is 8. The third kappa shape index (κ3) is 4.81. The molecule has 0 saturated heterocycles. The predicted molar refractivity (Wildman–Crippen MR) is 239 cm³/mol. The molecule has 1 aliphatic heterocycles. The molecular weight excluding hydrogens is 693 g/mol. The monoisotopic (exact) mass is 728 g/mol. The summed E-state index contributed by atoms with van der Waals surface area (Å²) < 4.78 is 7.37. The van der Waals surface area contributed by atoms with E-state index in [0.717, 1.165) is 28.3 Å². The maximum Gasteiger partial charge on any atom is 0.0788 e. The van der Waals surface area contributed by atoms with Crippen molar-refractivity contribution in [1.29, 1.82) is 0 Å². The van der Waals surface area contributed by atoms with Crippen LogP contribution in [0.3, 0.4) is 0 Å². The minimum atomic E-state index is -0.0616. The van der Waals surface area contributed by atoms with Crippen LogP contribution in [0.2, 0.25) is 0 Å². The number of fused-ring (bicyclic) bond motifs is 10. The molecular formula is C53H36N4. The van der Waals surface area contributed by atoms with Crippen LogP contribution >= 0.6 is 0 Å². The van der Waals surface area contributed by atoms with E-state index in [1.54, 1.807) is 0 Å². The number of nitrogens with one attached hydrogen (secondary N) is 1. The van der Waals surface area contributed by atoms with Crippen LogP contribution in [0.4, 0.5) is 0 Å². The van der Waals surface area contributed by atoms with Crippen LogP contribution in [0, 0.1) is 0 Å². The van der Waals surface area contributed by atoms with Crippen molar-refractivity contribution in [1.82, 2.24) is 19.0 Å². The molecule has 1 N–H and O–H groups in total. The Bertz CT molecular complexity index is 3380. The molecule has 8 aromatic carbocycles. The zero-order chi connectivity index (χ0) is 37.5. The van der Waals surface area contributed by atoms with Crippen LogP contribution in [-0.2, 0) is 0 Å². The summed E-state index contributed by atoms with van der Waals surface area (Å²) in [6, 6.07) is 70.3. The second-order valence-electron chi connectivity index (χ2n) is 15.0. The third-order valence-corrected chi connectivity index (χ3v) is 11.8. The number of hydrogen-bond donors (Lipinski definition) is 1. The minimum absolute atomic E-state index is 0.0616. The molecule has 1 atom stereocenters. The lowest BCUT2D eigenvalue weighted by atomic mass is 9.99. The molecule has 57 heavy (non-hydrogen) atoms. The Balaban J connectivity index is 1.14. The first-order valence-electron chi connectivity index (χ1n) is 19.7. The number of rotatable bonds is 5. The van der Waals surface area contributed by atoms with Gasteiger partial charge in [-0.2, -0.15) is 0 Å². The van der Waals surface area contributed by atoms with Gasteiger partial charge in [-0.15, -0.1) is 0 Å². The van der Waals surface area contributed by atoms with Crippen LogP contribution in [0.25, 0.3) is 88.2 Å². The molecule has 1 unspecified atom stereocenters. The van der Waals surface area contributed by atoms with E-state index < -0.39 is 0 Å². The van der Waals surface area contributed by atoms with E-state index >= 15 is 0 Å². The van der Waals surface area contributed by atoms with Crippen LogP contribution in [0.15, 0.2) is 206 Å². The number of para-hydroxylation sites is 5. The lowest BCUT2D eigenvalue weighted by molar-refractivity contribution is 0.762. The second-order valence-corrected chi connectivity index (χ2v) is 15.0. The summed E-state index contributed by atoms with van der Waals surface area (Å²) in [7, 11) is 0. The summed E-state index contributed by atoms with van der Waals surface area (Å²) in [6.45, 7) is 0. The molecule has 4 heterocycles. The lowest BCUT2D eigenvalue weighted by Gasteiger charge is -2.27. The smallest absolute Gasteiger partial charge is 0.0788 e. The Kier molecular flexibility index (Phi) is 6.96. The molecule has 0 spiro atoms. The van der Waals surface area contributed by atoms with Gasteiger partial charge in [0.05, 0.1) is 39.1 Å². The average Bonchev–Trinajstić information content (AvgIpc) is 3.93. The van der Waals surface area contributed by atoms with Crippen molar-refractivity contribution in [3.05, 3.63) is 217 Å². The fraction of sp³-hybridized carbons (Fsp3) is 0.0189. The minimum Gasteiger partial charge on any atom is -0.374 e. The van der Waals surface area contributed by atoms with Gasteiger partial charge in [0.25, 0.3) is 0 Å². The standard InChI is InChI=1S/C53H36N4/c1-3-16-35(17-4-1)46-33-39(34-47(54-46)36-18-15-21-38(32-36)55-48-26-11-7-22-40(48)41-23-8-12-27-49(41)55)57-51-29-14-10-25-43(51)45-31-30-44-42-24-9-13-28-50(42)56(52(44)53(45)57)37-19-5-2-6-20-37/h1-34,46,54H. The fourth-order valence-electron chi connectivity index (χ4n) is 9.39. The zero-order valence-electron chi connectivity index (χ0n) is 31.0. The summed E-state index contributed by atoms with van der Waals surface area (Å²) in [6.07, 6.45) is 4.75. The SMILES string of the molecule is C1=C(c2cccc(-n3c4ccccc4c4ccccc43)c2)NC(c2ccccc2)C=C1n1c2ccccc2c2ccc3c4ccccc4n(-c4ccccc4)c3c21. The van der Waals surface area contributed by atoms with E-state index in [-0.39, 0.29) is 6.04 Å². The van der Waals surface area contributed by atoms with Crippen molar-refractivity contribution in [2.45, 2.75) is 6.04 Å². The van der Waals surface area contributed by atoms with Crippen molar-refractivity contribution in [2.75, 3.05) is 0 Å². The Labute approximate surface area is 329 Å². The molecule has 0 radical (unpaired) electrons. The molecule has 4 nitrogen and oxygen atoms in total. The van der Waals surface area contributed by atoms with Gasteiger partial charge < -0.3 is 19.0 Å². The first kappa shape index (κ1) is 31.8. The number of nitrogens with zero attached hydrogens (tertiary/aromatic N) is 3. The topological polar surface area (TPSA) is 26.8 Å². The molecule has 0 bridgehead atoms. The van der Waals surface area contributed by atoms with Crippen molar-refractivity contribution in [2.24, 2.45) is 0 Å². The van der Waals surface area contributed by atoms with E-state index in [1.165, 1.54) is 71.0 Å². The summed E-state index contributed by atoms with van der Waals surface area (Å²) in [4.78, 5) is 0. The maximum atomic E-state index is 3.97. The fourth-order valence-corrected chi connectivity index (χ4v) is 9.39. The van der Waals surface area contributed by atoms with Crippen LogP contribution in [0.1, 0.15) is 17.2 Å². The van der Waals surface area contributed by atoms with Gasteiger partial charge in [0.2, 0.25) is 0 Å². The third-order valence-electron chi connectivity index (χ3n) is 11.8. The Morgan fingerprint density at radius 2 is 0.842 bits per heavy atom. The average molecular weight is 729 g/mol. The highest BCUT2D eigenvalue weighted by molar-refractivity contribution is 6.24. The Hall–Kier alpha value is -7.56. The molecule has 4 heteroatoms. The number of aromatic nitrogens is 3. The molecule has 11 aromatic rings. The number of hydrogen-bond acceptors (Lipinski definition) is 1. The van der Waals surface area contributed by atoms with Gasteiger partial charge >= 0.3 is 0 Å². The van der Waals surface area contributed by atoms with Gasteiger partial charge in [-0.1, -0.05) is 146 Å². The molecule has 12 rings (SSSR count). The van der Waals surface area contributed by atoms with Crippen molar-refractivity contribution in [3.8, 4) is 11.4 Å².